The van der Waals surface area contributed by atoms with E-state index in [0.29, 0.717) is 0 Å². The molecule has 1 aliphatic heterocycles. The zero-order valence-electron chi connectivity index (χ0n) is 15.4. The standard InChI is InChI=1S/C15H36O4Si3/c1-20(2,11-7-9-15-13-17-14-15)18-22(5,6)19-21(3,4)12-8-10-16/h15-16H,7-14H2,1-6H3. The maximum absolute atomic E-state index is 9.03. The van der Waals surface area contributed by atoms with Crippen molar-refractivity contribution in [3.63, 3.8) is 0 Å². The second kappa shape index (κ2) is 8.55. The van der Waals surface area contributed by atoms with Gasteiger partial charge in [-0.2, -0.15) is 0 Å². The van der Waals surface area contributed by atoms with Crippen molar-refractivity contribution in [3.05, 3.63) is 0 Å². The number of hydrogen-bond donors (Lipinski definition) is 1. The van der Waals surface area contributed by atoms with Crippen LogP contribution in [0.15, 0.2) is 0 Å². The largest absolute Gasteiger partial charge is 0.437 e. The van der Waals surface area contributed by atoms with Gasteiger partial charge in [-0.1, -0.05) is 6.42 Å². The Kier molecular flexibility index (Phi) is 7.98. The van der Waals surface area contributed by atoms with E-state index < -0.39 is 25.2 Å². The number of ether oxygens (including phenoxy) is 1. The van der Waals surface area contributed by atoms with E-state index in [-0.39, 0.29) is 6.61 Å². The normalized spacial score (nSPS) is 17.6. The highest BCUT2D eigenvalue weighted by atomic mass is 28.5. The van der Waals surface area contributed by atoms with Gasteiger partial charge < -0.3 is 18.1 Å². The molecule has 0 aliphatic carbocycles. The lowest BCUT2D eigenvalue weighted by atomic mass is 10.0. The van der Waals surface area contributed by atoms with Crippen LogP contribution in [-0.4, -0.2) is 50.1 Å². The van der Waals surface area contributed by atoms with Gasteiger partial charge in [0.2, 0.25) is 0 Å². The highest BCUT2D eigenvalue weighted by Crippen LogP contribution is 2.27. The Hall–Kier alpha value is 0.491. The first-order chi connectivity index (χ1) is 10.1. The van der Waals surface area contributed by atoms with Crippen molar-refractivity contribution in [1.82, 2.24) is 0 Å². The molecule has 1 rings (SSSR count). The molecular weight excluding hydrogens is 328 g/mol. The van der Waals surface area contributed by atoms with Gasteiger partial charge in [-0.15, -0.1) is 0 Å². The maximum Gasteiger partial charge on any atom is 0.311 e. The fourth-order valence-corrected chi connectivity index (χ4v) is 17.3. The molecule has 1 heterocycles. The first-order valence-electron chi connectivity index (χ1n) is 8.64. The lowest BCUT2D eigenvalue weighted by molar-refractivity contribution is -0.0357. The molecule has 1 N–H and O–H groups in total. The Labute approximate surface area is 140 Å². The summed E-state index contributed by atoms with van der Waals surface area (Å²) in [4.78, 5) is 0. The molecule has 0 unspecified atom stereocenters. The molecule has 0 bridgehead atoms. The van der Waals surface area contributed by atoms with Crippen LogP contribution in [0.3, 0.4) is 0 Å². The molecule has 7 heteroatoms. The summed E-state index contributed by atoms with van der Waals surface area (Å²) in [5, 5.41) is 9.03. The first-order valence-corrected chi connectivity index (χ1v) is 17.7. The van der Waals surface area contributed by atoms with Crippen LogP contribution in [0.5, 0.6) is 0 Å². The average molecular weight is 365 g/mol. The third kappa shape index (κ3) is 8.37. The van der Waals surface area contributed by atoms with E-state index in [2.05, 4.69) is 39.3 Å². The molecule has 1 saturated heterocycles. The van der Waals surface area contributed by atoms with Crippen molar-refractivity contribution < 1.29 is 18.1 Å². The SMILES string of the molecule is C[Si](C)(CCCO)O[Si](C)(C)O[Si](C)(C)CCCC1COC1. The zero-order chi connectivity index (χ0) is 16.9. The second-order valence-corrected chi connectivity index (χ2v) is 20.7. The van der Waals surface area contributed by atoms with E-state index in [1.54, 1.807) is 0 Å². The molecule has 0 spiro atoms. The third-order valence-electron chi connectivity index (χ3n) is 4.08. The van der Waals surface area contributed by atoms with Gasteiger partial charge in [0.25, 0.3) is 0 Å². The molecular formula is C15H36O4Si3. The first kappa shape index (κ1) is 20.5. The Morgan fingerprint density at radius 1 is 0.909 bits per heavy atom. The summed E-state index contributed by atoms with van der Waals surface area (Å²) in [7, 11) is -5.46. The molecule has 0 atom stereocenters. The van der Waals surface area contributed by atoms with E-state index in [4.69, 9.17) is 18.1 Å². The highest BCUT2D eigenvalue weighted by Gasteiger charge is 2.39. The summed E-state index contributed by atoms with van der Waals surface area (Å²) in [6.45, 7) is 15.7. The quantitative estimate of drug-likeness (QED) is 0.564. The van der Waals surface area contributed by atoms with Gasteiger partial charge in [-0.05, 0) is 64.2 Å². The fourth-order valence-electron chi connectivity index (χ4n) is 3.23. The van der Waals surface area contributed by atoms with Crippen LogP contribution < -0.4 is 0 Å². The third-order valence-corrected chi connectivity index (χ3v) is 15.5. The number of aliphatic hydroxyl groups excluding tert-OH is 1. The van der Waals surface area contributed by atoms with Gasteiger partial charge in [-0.3, -0.25) is 0 Å². The zero-order valence-corrected chi connectivity index (χ0v) is 18.4. The molecule has 0 aromatic carbocycles. The van der Waals surface area contributed by atoms with Crippen molar-refractivity contribution in [2.45, 2.75) is 70.6 Å². The maximum atomic E-state index is 9.03. The number of rotatable bonds is 11. The van der Waals surface area contributed by atoms with Crippen molar-refractivity contribution in [2.24, 2.45) is 5.92 Å². The Morgan fingerprint density at radius 2 is 1.41 bits per heavy atom. The predicted molar refractivity (Wildman–Crippen MR) is 99.5 cm³/mol. The summed E-state index contributed by atoms with van der Waals surface area (Å²) in [6.07, 6.45) is 3.37. The van der Waals surface area contributed by atoms with Crippen LogP contribution in [0.2, 0.25) is 51.4 Å². The summed E-state index contributed by atoms with van der Waals surface area (Å²) >= 11 is 0. The summed E-state index contributed by atoms with van der Waals surface area (Å²) in [5.41, 5.74) is 0. The minimum atomic E-state index is -2.08. The van der Waals surface area contributed by atoms with Crippen LogP contribution >= 0.6 is 0 Å². The summed E-state index contributed by atoms with van der Waals surface area (Å²) in [5.74, 6) is 0.788. The van der Waals surface area contributed by atoms with E-state index in [1.165, 1.54) is 18.9 Å². The monoisotopic (exact) mass is 364 g/mol. The molecule has 0 radical (unpaired) electrons. The van der Waals surface area contributed by atoms with Crippen LogP contribution in [0.1, 0.15) is 19.3 Å². The van der Waals surface area contributed by atoms with Crippen LogP contribution in [0.25, 0.3) is 0 Å². The number of hydrogen-bond acceptors (Lipinski definition) is 4. The summed E-state index contributed by atoms with van der Waals surface area (Å²) < 4.78 is 18.3. The smallest absolute Gasteiger partial charge is 0.311 e. The van der Waals surface area contributed by atoms with Gasteiger partial charge in [0.05, 0.1) is 13.2 Å². The Bertz CT molecular complexity index is 331. The van der Waals surface area contributed by atoms with E-state index in [9.17, 15) is 0 Å². The highest BCUT2D eigenvalue weighted by molar-refractivity contribution is 6.87. The lowest BCUT2D eigenvalue weighted by Crippen LogP contribution is -2.52. The van der Waals surface area contributed by atoms with E-state index in [0.717, 1.165) is 31.6 Å². The average Bonchev–Trinajstić information content (AvgIpc) is 2.26. The van der Waals surface area contributed by atoms with Crippen LogP contribution in [-0.2, 0) is 13.0 Å². The second-order valence-electron chi connectivity index (χ2n) is 8.25. The molecule has 0 aromatic rings. The number of aliphatic hydroxyl groups is 1. The summed E-state index contributed by atoms with van der Waals surface area (Å²) in [6, 6.07) is 2.22. The Balaban J connectivity index is 2.38. The molecule has 22 heavy (non-hydrogen) atoms. The fraction of sp³-hybridized carbons (Fsp3) is 1.00. The van der Waals surface area contributed by atoms with Crippen molar-refractivity contribution in [1.29, 1.82) is 0 Å². The minimum absolute atomic E-state index is 0.258. The van der Waals surface area contributed by atoms with Crippen molar-refractivity contribution >= 4 is 25.2 Å². The minimum Gasteiger partial charge on any atom is -0.437 e. The van der Waals surface area contributed by atoms with Gasteiger partial charge in [0.1, 0.15) is 0 Å². The van der Waals surface area contributed by atoms with E-state index in [1.807, 2.05) is 0 Å². The molecule has 0 amide bonds. The Morgan fingerprint density at radius 3 is 1.82 bits per heavy atom. The molecule has 132 valence electrons. The van der Waals surface area contributed by atoms with Gasteiger partial charge >= 0.3 is 8.56 Å². The molecule has 1 fully saturated rings. The topological polar surface area (TPSA) is 47.9 Å². The van der Waals surface area contributed by atoms with Gasteiger partial charge in [0.15, 0.2) is 16.6 Å². The molecule has 0 saturated carbocycles. The lowest BCUT2D eigenvalue weighted by Gasteiger charge is -2.39. The molecule has 0 aromatic heterocycles. The van der Waals surface area contributed by atoms with Crippen LogP contribution in [0, 0.1) is 5.92 Å². The van der Waals surface area contributed by atoms with Crippen molar-refractivity contribution in [3.8, 4) is 0 Å². The van der Waals surface area contributed by atoms with Gasteiger partial charge in [-0.25, -0.2) is 0 Å². The molecule has 4 nitrogen and oxygen atoms in total. The molecule has 1 aliphatic rings. The van der Waals surface area contributed by atoms with Gasteiger partial charge in [0, 0.05) is 12.5 Å². The predicted octanol–water partition coefficient (Wildman–Crippen LogP) is 3.94. The van der Waals surface area contributed by atoms with Crippen molar-refractivity contribution in [2.75, 3.05) is 19.8 Å². The van der Waals surface area contributed by atoms with Crippen LogP contribution in [0.4, 0.5) is 0 Å². The van der Waals surface area contributed by atoms with E-state index >= 15 is 0 Å².